The van der Waals surface area contributed by atoms with E-state index in [4.69, 9.17) is 25.8 Å². The lowest BCUT2D eigenvalue weighted by Gasteiger charge is -2.27. The highest BCUT2D eigenvalue weighted by atomic mass is 35.5. The van der Waals surface area contributed by atoms with Crippen molar-refractivity contribution in [3.63, 3.8) is 0 Å². The first-order valence-electron chi connectivity index (χ1n) is 11.3. The van der Waals surface area contributed by atoms with Crippen LogP contribution in [0.15, 0.2) is 73.2 Å². The Balaban J connectivity index is 1.47. The molecule has 1 saturated heterocycles. The van der Waals surface area contributed by atoms with Crippen molar-refractivity contribution in [1.82, 2.24) is 14.5 Å². The van der Waals surface area contributed by atoms with Crippen molar-refractivity contribution < 1.29 is 32.6 Å². The molecule has 0 saturated carbocycles. The van der Waals surface area contributed by atoms with Crippen LogP contribution < -0.4 is 0 Å². The van der Waals surface area contributed by atoms with E-state index < -0.39 is 48.5 Å². The molecule has 2 aromatic carbocycles. The lowest BCUT2D eigenvalue weighted by Crippen LogP contribution is -2.44. The second-order valence-electron chi connectivity index (χ2n) is 8.58. The van der Waals surface area contributed by atoms with Gasteiger partial charge < -0.3 is 14.2 Å². The van der Waals surface area contributed by atoms with E-state index in [0.717, 1.165) is 24.0 Å². The Bertz CT molecular complexity index is 1450. The molecule has 190 valence electrons. The van der Waals surface area contributed by atoms with Gasteiger partial charge in [-0.3, -0.25) is 4.57 Å². The summed E-state index contributed by atoms with van der Waals surface area (Å²) < 4.78 is 49.2. The van der Waals surface area contributed by atoms with Crippen LogP contribution >= 0.6 is 11.6 Å². The molecule has 8 nitrogen and oxygen atoms in total. The van der Waals surface area contributed by atoms with Gasteiger partial charge in [0.15, 0.2) is 23.8 Å². The van der Waals surface area contributed by atoms with E-state index in [1.165, 1.54) is 12.1 Å². The summed E-state index contributed by atoms with van der Waals surface area (Å²) in [6.07, 6.45) is -2.15. The zero-order valence-electron chi connectivity index (χ0n) is 19.4. The first-order valence-corrected chi connectivity index (χ1v) is 11.6. The third-order valence-electron chi connectivity index (χ3n) is 6.08. The highest BCUT2D eigenvalue weighted by Crippen LogP contribution is 2.45. The molecule has 0 N–H and O–H groups in total. The van der Waals surface area contributed by atoms with Crippen molar-refractivity contribution in [2.45, 2.75) is 31.0 Å². The van der Waals surface area contributed by atoms with Gasteiger partial charge in [-0.1, -0.05) is 48.0 Å². The smallest absolute Gasteiger partial charge is 0.338 e. The maximum atomic E-state index is 16.5. The molecule has 1 fully saturated rings. The fraction of sp³-hybridized carbons (Fsp3) is 0.231. The van der Waals surface area contributed by atoms with Gasteiger partial charge in [0.05, 0.1) is 16.5 Å². The van der Waals surface area contributed by atoms with E-state index in [1.807, 2.05) is 0 Å². The van der Waals surface area contributed by atoms with Crippen LogP contribution in [-0.2, 0) is 14.2 Å². The maximum Gasteiger partial charge on any atom is 0.338 e. The molecule has 0 amide bonds. The number of ether oxygens (including phenoxy) is 3. The highest BCUT2D eigenvalue weighted by Gasteiger charge is 2.58. The lowest BCUT2D eigenvalue weighted by molar-refractivity contribution is -0.0610. The Morgan fingerprint density at radius 1 is 1.05 bits per heavy atom. The van der Waals surface area contributed by atoms with Crippen LogP contribution in [-0.4, -0.2) is 51.0 Å². The van der Waals surface area contributed by atoms with Crippen LogP contribution in [0.2, 0.25) is 5.15 Å². The minimum absolute atomic E-state index is 0.0126. The Morgan fingerprint density at radius 2 is 1.68 bits per heavy atom. The fourth-order valence-corrected chi connectivity index (χ4v) is 4.50. The van der Waals surface area contributed by atoms with Crippen molar-refractivity contribution >= 4 is 34.6 Å². The highest BCUT2D eigenvalue weighted by molar-refractivity contribution is 6.34. The van der Waals surface area contributed by atoms with E-state index in [1.54, 1.807) is 48.5 Å². The van der Waals surface area contributed by atoms with Crippen LogP contribution in [0.1, 0.15) is 33.9 Å². The van der Waals surface area contributed by atoms with Crippen LogP contribution in [0.4, 0.5) is 8.78 Å². The number of halogens is 3. The van der Waals surface area contributed by atoms with Gasteiger partial charge in [-0.05, 0) is 31.2 Å². The number of fused-ring (bicyclic) bond motifs is 1. The average Bonchev–Trinajstić information content (AvgIpc) is 3.37. The van der Waals surface area contributed by atoms with Gasteiger partial charge in [0.1, 0.15) is 29.8 Å². The summed E-state index contributed by atoms with van der Waals surface area (Å²) in [7, 11) is 0. The summed E-state index contributed by atoms with van der Waals surface area (Å²) in [5.74, 6) is -2.25. The zero-order valence-corrected chi connectivity index (χ0v) is 20.1. The molecule has 0 aliphatic carbocycles. The van der Waals surface area contributed by atoms with E-state index >= 15 is 4.39 Å². The molecular weight excluding hydrogens is 508 g/mol. The van der Waals surface area contributed by atoms with Gasteiger partial charge in [0.25, 0.3) is 0 Å². The Kier molecular flexibility index (Phi) is 6.61. The number of aromatic nitrogens is 3. The summed E-state index contributed by atoms with van der Waals surface area (Å²) in [5, 5.41) is -0.263. The summed E-state index contributed by atoms with van der Waals surface area (Å²) in [5.41, 5.74) is -1.94. The second-order valence-corrected chi connectivity index (χ2v) is 8.94. The minimum atomic E-state index is -2.40. The maximum absolute atomic E-state index is 16.5. The molecule has 5 rings (SSSR count). The fourth-order valence-electron chi connectivity index (χ4n) is 4.29. The average molecular weight is 528 g/mol. The standard InChI is InChI=1S/C26H20ClF2N3O5/c1-26(29)20(37-24(34)16-10-6-3-7-11-16)18(13-35-23(33)15-8-4-2-5-9-15)36-25(26)32-12-17(28)19-21(27)30-14-31-22(19)32/h2-12,14,18,20,25H,13H2,1H3/t18-,20-,25-,26-/m1/s1. The largest absolute Gasteiger partial charge is 0.459 e. The third-order valence-corrected chi connectivity index (χ3v) is 6.37. The van der Waals surface area contributed by atoms with Gasteiger partial charge >= 0.3 is 11.9 Å². The molecule has 0 bridgehead atoms. The van der Waals surface area contributed by atoms with Crippen LogP contribution in [0.25, 0.3) is 11.0 Å². The Hall–Kier alpha value is -3.89. The lowest BCUT2D eigenvalue weighted by atomic mass is 9.98. The van der Waals surface area contributed by atoms with Gasteiger partial charge in [-0.15, -0.1) is 0 Å². The van der Waals surface area contributed by atoms with Crippen molar-refractivity contribution in [3.8, 4) is 0 Å². The van der Waals surface area contributed by atoms with Crippen molar-refractivity contribution in [3.05, 3.63) is 95.3 Å². The number of rotatable bonds is 6. The monoisotopic (exact) mass is 527 g/mol. The number of hydrogen-bond acceptors (Lipinski definition) is 7. The van der Waals surface area contributed by atoms with Crippen molar-refractivity contribution in [2.24, 2.45) is 0 Å². The van der Waals surface area contributed by atoms with E-state index in [9.17, 15) is 14.0 Å². The molecule has 3 heterocycles. The normalized spacial score (nSPS) is 23.2. The third kappa shape index (κ3) is 4.65. The summed E-state index contributed by atoms with van der Waals surface area (Å²) in [4.78, 5) is 33.2. The SMILES string of the molecule is C[C@@]1(F)[C@H](OC(=O)c2ccccc2)[C@@H](COC(=O)c2ccccc2)O[C@H]1n1cc(F)c2c(Cl)ncnc21. The topological polar surface area (TPSA) is 92.5 Å². The number of carbonyl (C=O) groups is 2. The molecule has 4 atom stereocenters. The molecule has 0 radical (unpaired) electrons. The number of alkyl halides is 1. The van der Waals surface area contributed by atoms with Crippen molar-refractivity contribution in [2.75, 3.05) is 6.61 Å². The second kappa shape index (κ2) is 9.87. The molecule has 1 aliphatic rings. The summed E-state index contributed by atoms with van der Waals surface area (Å²) in [6.45, 7) is 0.722. The zero-order chi connectivity index (χ0) is 26.2. The summed E-state index contributed by atoms with van der Waals surface area (Å²) in [6, 6.07) is 16.2. The number of esters is 2. The quantitative estimate of drug-likeness (QED) is 0.259. The number of benzene rings is 2. The Morgan fingerprint density at radius 3 is 2.32 bits per heavy atom. The number of hydrogen-bond donors (Lipinski definition) is 0. The van der Waals surface area contributed by atoms with Crippen LogP contribution in [0.3, 0.4) is 0 Å². The number of nitrogens with zero attached hydrogens (tertiary/aromatic N) is 3. The molecule has 2 aromatic heterocycles. The van der Waals surface area contributed by atoms with Gasteiger partial charge in [-0.2, -0.15) is 0 Å². The van der Waals surface area contributed by atoms with E-state index in [0.29, 0.717) is 0 Å². The molecule has 11 heteroatoms. The number of carbonyl (C=O) groups excluding carboxylic acids is 2. The summed E-state index contributed by atoms with van der Waals surface area (Å²) >= 11 is 6.02. The first kappa shape index (κ1) is 24.8. The van der Waals surface area contributed by atoms with Crippen molar-refractivity contribution in [1.29, 1.82) is 0 Å². The minimum Gasteiger partial charge on any atom is -0.459 e. The Labute approximate surface area is 214 Å². The first-order chi connectivity index (χ1) is 17.8. The molecule has 4 aromatic rings. The predicted octanol–water partition coefficient (Wildman–Crippen LogP) is 4.93. The molecule has 0 unspecified atom stereocenters. The molecule has 1 aliphatic heterocycles. The van der Waals surface area contributed by atoms with E-state index in [2.05, 4.69) is 9.97 Å². The van der Waals surface area contributed by atoms with Crippen LogP contribution in [0, 0.1) is 5.82 Å². The molecular formula is C26H20ClF2N3O5. The van der Waals surface area contributed by atoms with Gasteiger partial charge in [0, 0.05) is 6.20 Å². The molecule has 0 spiro atoms. The van der Waals surface area contributed by atoms with E-state index in [-0.39, 0.29) is 27.3 Å². The van der Waals surface area contributed by atoms with Gasteiger partial charge in [0.2, 0.25) is 0 Å². The predicted molar refractivity (Wildman–Crippen MR) is 128 cm³/mol. The van der Waals surface area contributed by atoms with Gasteiger partial charge in [-0.25, -0.2) is 28.3 Å². The molecule has 37 heavy (non-hydrogen) atoms. The van der Waals surface area contributed by atoms with Crippen LogP contribution in [0.5, 0.6) is 0 Å².